The summed E-state index contributed by atoms with van der Waals surface area (Å²) >= 11 is 0. The molecule has 6 heteroatoms. The van der Waals surface area contributed by atoms with Crippen molar-refractivity contribution in [3.05, 3.63) is 0 Å². The van der Waals surface area contributed by atoms with Crippen molar-refractivity contribution in [3.63, 3.8) is 0 Å². The predicted octanol–water partition coefficient (Wildman–Crippen LogP) is 1.12. The summed E-state index contributed by atoms with van der Waals surface area (Å²) in [6.45, 7) is 4.98. The number of nitrogens with zero attached hydrogens (tertiary/aromatic N) is 2. The van der Waals surface area contributed by atoms with Crippen LogP contribution >= 0.6 is 0 Å². The maximum Gasteiger partial charge on any atom is 0.217 e. The third kappa shape index (κ3) is 3.66. The molecule has 0 aromatic carbocycles. The zero-order valence-corrected chi connectivity index (χ0v) is 11.2. The molecule has 0 bridgehead atoms. The summed E-state index contributed by atoms with van der Waals surface area (Å²) < 4.78 is 31.4. The van der Waals surface area contributed by atoms with E-state index >= 15 is 0 Å². The molecule has 1 aliphatic rings. The van der Waals surface area contributed by atoms with E-state index in [1.807, 2.05) is 19.9 Å². The van der Waals surface area contributed by atoms with Gasteiger partial charge in [0, 0.05) is 32.2 Å². The molecule has 0 aromatic heterocycles. The molecule has 0 atom stereocenters. The van der Waals surface area contributed by atoms with Gasteiger partial charge in [0.05, 0.1) is 11.3 Å². The van der Waals surface area contributed by atoms with Crippen molar-refractivity contribution in [2.24, 2.45) is 0 Å². The van der Waals surface area contributed by atoms with Gasteiger partial charge in [-0.25, -0.2) is 8.42 Å². The van der Waals surface area contributed by atoms with Gasteiger partial charge in [0.2, 0.25) is 10.0 Å². The maximum atomic E-state index is 12.4. The summed E-state index contributed by atoms with van der Waals surface area (Å²) in [5, 5.41) is 8.23. The highest BCUT2D eigenvalue weighted by molar-refractivity contribution is 7.89. The average Bonchev–Trinajstić information content (AvgIpc) is 2.30. The van der Waals surface area contributed by atoms with Crippen molar-refractivity contribution in [2.75, 3.05) is 19.8 Å². The molecule has 0 amide bonds. The molecule has 5 nitrogen and oxygen atoms in total. The van der Waals surface area contributed by atoms with Gasteiger partial charge in [-0.2, -0.15) is 9.57 Å². The summed E-state index contributed by atoms with van der Waals surface area (Å²) in [6.07, 6.45) is 1.34. The minimum Gasteiger partial charge on any atom is -0.381 e. The molecule has 0 aromatic rings. The Kier molecular flexibility index (Phi) is 5.37. The van der Waals surface area contributed by atoms with Crippen LogP contribution in [0, 0.1) is 11.3 Å². The van der Waals surface area contributed by atoms with Gasteiger partial charge in [0.25, 0.3) is 0 Å². The first kappa shape index (κ1) is 14.4. The lowest BCUT2D eigenvalue weighted by molar-refractivity contribution is 0.0969. The molecule has 0 N–H and O–H groups in total. The first-order chi connectivity index (χ1) is 8.00. The van der Waals surface area contributed by atoms with E-state index in [0.29, 0.717) is 26.1 Å². The molecule has 0 spiro atoms. The molecular weight excluding hydrogens is 240 g/mol. The Morgan fingerprint density at radius 3 is 2.47 bits per heavy atom. The Labute approximate surface area is 103 Å². The fourth-order valence-electron chi connectivity index (χ4n) is 2.00. The van der Waals surface area contributed by atoms with E-state index in [9.17, 15) is 8.42 Å². The first-order valence-electron chi connectivity index (χ1n) is 5.95. The minimum absolute atomic E-state index is 0.101. The van der Waals surface area contributed by atoms with Crippen molar-refractivity contribution >= 4 is 10.0 Å². The second-order valence-electron chi connectivity index (χ2n) is 4.47. The lowest BCUT2D eigenvalue weighted by atomic mass is 10.2. The van der Waals surface area contributed by atoms with Crippen LogP contribution in [-0.4, -0.2) is 43.8 Å². The standard InChI is InChI=1S/C11H20N2O3S/c1-10(2)13(7-3-6-12)17(14,15)11-4-8-16-9-5-11/h10-11H,3-5,7-9H2,1-2H3. The van der Waals surface area contributed by atoms with Gasteiger partial charge in [-0.3, -0.25) is 0 Å². The largest absolute Gasteiger partial charge is 0.381 e. The van der Waals surface area contributed by atoms with E-state index in [2.05, 4.69) is 0 Å². The lowest BCUT2D eigenvalue weighted by Crippen LogP contribution is -2.45. The molecule has 98 valence electrons. The molecule has 1 saturated heterocycles. The summed E-state index contributed by atoms with van der Waals surface area (Å²) in [6, 6.07) is 1.90. The molecule has 0 aliphatic carbocycles. The predicted molar refractivity (Wildman–Crippen MR) is 64.8 cm³/mol. The van der Waals surface area contributed by atoms with Crippen LogP contribution in [0.1, 0.15) is 33.1 Å². The highest BCUT2D eigenvalue weighted by atomic mass is 32.2. The molecule has 0 saturated carbocycles. The minimum atomic E-state index is -3.29. The van der Waals surface area contributed by atoms with Crippen LogP contribution in [0.4, 0.5) is 0 Å². The molecule has 17 heavy (non-hydrogen) atoms. The van der Waals surface area contributed by atoms with Crippen molar-refractivity contribution in [3.8, 4) is 6.07 Å². The van der Waals surface area contributed by atoms with Crippen LogP contribution in [0.2, 0.25) is 0 Å². The van der Waals surface area contributed by atoms with Crippen LogP contribution in [0.3, 0.4) is 0 Å². The molecular formula is C11H20N2O3S. The van der Waals surface area contributed by atoms with Gasteiger partial charge < -0.3 is 4.74 Å². The molecule has 1 rings (SSSR count). The van der Waals surface area contributed by atoms with Crippen molar-refractivity contribution in [2.45, 2.75) is 44.4 Å². The Balaban J connectivity index is 2.79. The van der Waals surface area contributed by atoms with Crippen LogP contribution in [0.15, 0.2) is 0 Å². The summed E-state index contributed by atoms with van der Waals surface area (Å²) in [5.41, 5.74) is 0. The highest BCUT2D eigenvalue weighted by Gasteiger charge is 2.34. The number of sulfonamides is 1. The third-order valence-corrected chi connectivity index (χ3v) is 5.51. The lowest BCUT2D eigenvalue weighted by Gasteiger charge is -2.31. The van der Waals surface area contributed by atoms with Crippen LogP contribution < -0.4 is 0 Å². The highest BCUT2D eigenvalue weighted by Crippen LogP contribution is 2.21. The van der Waals surface area contributed by atoms with Gasteiger partial charge in [0.15, 0.2) is 0 Å². The number of rotatable bonds is 5. The zero-order valence-electron chi connectivity index (χ0n) is 10.4. The van der Waals surface area contributed by atoms with Gasteiger partial charge in [-0.15, -0.1) is 0 Å². The molecule has 0 radical (unpaired) electrons. The van der Waals surface area contributed by atoms with Gasteiger partial charge in [0.1, 0.15) is 0 Å². The molecule has 1 heterocycles. The van der Waals surface area contributed by atoms with Gasteiger partial charge >= 0.3 is 0 Å². The van der Waals surface area contributed by atoms with Gasteiger partial charge in [-0.1, -0.05) is 0 Å². The second kappa shape index (κ2) is 6.34. The molecule has 1 fully saturated rings. The smallest absolute Gasteiger partial charge is 0.217 e. The quantitative estimate of drug-likeness (QED) is 0.742. The SMILES string of the molecule is CC(C)N(CCC#N)S(=O)(=O)C1CCOCC1. The number of nitriles is 1. The number of hydrogen-bond acceptors (Lipinski definition) is 4. The van der Waals surface area contributed by atoms with E-state index in [1.165, 1.54) is 4.31 Å². The first-order valence-corrected chi connectivity index (χ1v) is 7.45. The second-order valence-corrected chi connectivity index (χ2v) is 6.63. The Bertz CT molecular complexity index is 367. The monoisotopic (exact) mass is 260 g/mol. The topological polar surface area (TPSA) is 70.4 Å². The van der Waals surface area contributed by atoms with Crippen molar-refractivity contribution < 1.29 is 13.2 Å². The molecule has 0 unspecified atom stereocenters. The Hall–Kier alpha value is -0.640. The van der Waals surface area contributed by atoms with Crippen molar-refractivity contribution in [1.82, 2.24) is 4.31 Å². The average molecular weight is 260 g/mol. The summed E-state index contributed by atoms with van der Waals surface area (Å²) in [7, 11) is -3.29. The van der Waals surface area contributed by atoms with E-state index in [-0.39, 0.29) is 24.3 Å². The number of hydrogen-bond donors (Lipinski definition) is 0. The van der Waals surface area contributed by atoms with Crippen LogP contribution in [0.5, 0.6) is 0 Å². The van der Waals surface area contributed by atoms with Crippen LogP contribution in [-0.2, 0) is 14.8 Å². The fraction of sp³-hybridized carbons (Fsp3) is 0.909. The Morgan fingerprint density at radius 2 is 2.00 bits per heavy atom. The van der Waals surface area contributed by atoms with E-state index < -0.39 is 10.0 Å². The van der Waals surface area contributed by atoms with Gasteiger partial charge in [-0.05, 0) is 26.7 Å². The molecule has 1 aliphatic heterocycles. The van der Waals surface area contributed by atoms with E-state index in [0.717, 1.165) is 0 Å². The maximum absolute atomic E-state index is 12.4. The normalized spacial score (nSPS) is 18.5. The van der Waals surface area contributed by atoms with Crippen molar-refractivity contribution in [1.29, 1.82) is 5.26 Å². The third-order valence-electron chi connectivity index (χ3n) is 2.94. The van der Waals surface area contributed by atoms with E-state index in [4.69, 9.17) is 10.00 Å². The zero-order chi connectivity index (χ0) is 12.9. The van der Waals surface area contributed by atoms with Crippen LogP contribution in [0.25, 0.3) is 0 Å². The summed E-state index contributed by atoms with van der Waals surface area (Å²) in [4.78, 5) is 0. The summed E-state index contributed by atoms with van der Waals surface area (Å²) in [5.74, 6) is 0. The Morgan fingerprint density at radius 1 is 1.41 bits per heavy atom. The number of ether oxygens (including phenoxy) is 1. The fourth-order valence-corrected chi connectivity index (χ4v) is 4.11. The van der Waals surface area contributed by atoms with E-state index in [1.54, 1.807) is 0 Å².